The molecule has 0 saturated carbocycles. The molecule has 1 N–H and O–H groups in total. The smallest absolute Gasteiger partial charge is 0.165 e. The molecule has 0 radical (unpaired) electrons. The molecule has 3 heterocycles. The summed E-state index contributed by atoms with van der Waals surface area (Å²) >= 11 is 0. The minimum atomic E-state index is -0.366. The normalized spacial score (nSPS) is 18.8. The highest BCUT2D eigenvalue weighted by Crippen LogP contribution is 2.30. The first-order valence-corrected chi connectivity index (χ1v) is 9.27. The third-order valence-corrected chi connectivity index (χ3v) is 4.95. The van der Waals surface area contributed by atoms with E-state index in [-0.39, 0.29) is 30.2 Å². The number of benzene rings is 1. The fourth-order valence-electron chi connectivity index (χ4n) is 3.60. The first kappa shape index (κ1) is 17.9. The lowest BCUT2D eigenvalue weighted by molar-refractivity contribution is 0.231. The van der Waals surface area contributed by atoms with Gasteiger partial charge in [-0.05, 0) is 38.0 Å². The first-order chi connectivity index (χ1) is 13.0. The molecule has 1 fully saturated rings. The van der Waals surface area contributed by atoms with E-state index >= 15 is 0 Å². The summed E-state index contributed by atoms with van der Waals surface area (Å²) in [5.41, 5.74) is 3.14. The minimum absolute atomic E-state index is 0.111. The highest BCUT2D eigenvalue weighted by Gasteiger charge is 2.26. The maximum Gasteiger partial charge on any atom is 0.165 e. The zero-order valence-corrected chi connectivity index (χ0v) is 15.5. The molecule has 2 aliphatic rings. The Bertz CT molecular complexity index is 884. The van der Waals surface area contributed by atoms with E-state index < -0.39 is 0 Å². The van der Waals surface area contributed by atoms with Gasteiger partial charge in [0.15, 0.2) is 11.6 Å². The van der Waals surface area contributed by atoms with E-state index in [1.807, 2.05) is 19.9 Å². The summed E-state index contributed by atoms with van der Waals surface area (Å²) in [6.45, 7) is 6.01. The number of aromatic nitrogens is 2. The van der Waals surface area contributed by atoms with Crippen LogP contribution in [0.3, 0.4) is 0 Å². The van der Waals surface area contributed by atoms with Gasteiger partial charge in [0.2, 0.25) is 0 Å². The maximum atomic E-state index is 14.2. The van der Waals surface area contributed by atoms with Crippen LogP contribution in [-0.4, -0.2) is 46.6 Å². The van der Waals surface area contributed by atoms with Gasteiger partial charge in [0, 0.05) is 37.2 Å². The van der Waals surface area contributed by atoms with Crippen LogP contribution in [0.5, 0.6) is 5.75 Å². The molecule has 1 saturated heterocycles. The van der Waals surface area contributed by atoms with Gasteiger partial charge in [-0.25, -0.2) is 14.4 Å². The number of nitrogens with zero attached hydrogens (tertiary/aromatic N) is 4. The van der Waals surface area contributed by atoms with Crippen LogP contribution < -0.4 is 9.64 Å². The number of aliphatic hydroxyl groups is 1. The van der Waals surface area contributed by atoms with Crippen molar-refractivity contribution in [3.8, 4) is 5.75 Å². The molecule has 0 aliphatic carbocycles. The Morgan fingerprint density at radius 2 is 2.15 bits per heavy atom. The molecular weight excluding hydrogens is 347 g/mol. The van der Waals surface area contributed by atoms with Gasteiger partial charge in [-0.3, -0.25) is 4.99 Å². The van der Waals surface area contributed by atoms with Crippen molar-refractivity contribution in [2.24, 2.45) is 10.9 Å². The van der Waals surface area contributed by atoms with Gasteiger partial charge in [0.1, 0.15) is 12.1 Å². The van der Waals surface area contributed by atoms with E-state index in [9.17, 15) is 9.50 Å². The van der Waals surface area contributed by atoms with Crippen LogP contribution in [-0.2, 0) is 6.54 Å². The SMILES string of the molecule is CC(C)Oc1cc2c(cc1F)CN=C2c1cc(N2CC[C@H](CO)C2)ncn1. The Kier molecular flexibility index (Phi) is 4.78. The number of ether oxygens (including phenoxy) is 1. The number of rotatable bonds is 5. The average Bonchev–Trinajstić information content (AvgIpc) is 3.28. The molecule has 1 aromatic heterocycles. The molecule has 6 nitrogen and oxygen atoms in total. The number of aliphatic imine (C=N–C) groups is 1. The molecule has 27 heavy (non-hydrogen) atoms. The van der Waals surface area contributed by atoms with Crippen molar-refractivity contribution in [3.63, 3.8) is 0 Å². The number of hydrogen-bond donors (Lipinski definition) is 1. The summed E-state index contributed by atoms with van der Waals surface area (Å²) in [6.07, 6.45) is 2.38. The predicted molar refractivity (Wildman–Crippen MR) is 101 cm³/mol. The molecule has 4 rings (SSSR count). The summed E-state index contributed by atoms with van der Waals surface area (Å²) in [6, 6.07) is 5.13. The summed E-state index contributed by atoms with van der Waals surface area (Å²) in [7, 11) is 0. The van der Waals surface area contributed by atoms with Gasteiger partial charge in [-0.1, -0.05) is 0 Å². The summed E-state index contributed by atoms with van der Waals surface area (Å²) in [5.74, 6) is 0.979. The Morgan fingerprint density at radius 3 is 2.89 bits per heavy atom. The van der Waals surface area contributed by atoms with Crippen LogP contribution in [0.4, 0.5) is 10.2 Å². The number of hydrogen-bond acceptors (Lipinski definition) is 6. The van der Waals surface area contributed by atoms with Crippen molar-refractivity contribution in [2.45, 2.75) is 32.9 Å². The van der Waals surface area contributed by atoms with Crippen LogP contribution >= 0.6 is 0 Å². The maximum absolute atomic E-state index is 14.2. The second-order valence-corrected chi connectivity index (χ2v) is 7.32. The van der Waals surface area contributed by atoms with Crippen LogP contribution in [0.1, 0.15) is 37.1 Å². The third-order valence-electron chi connectivity index (χ3n) is 4.95. The highest BCUT2D eigenvalue weighted by molar-refractivity contribution is 6.14. The van der Waals surface area contributed by atoms with E-state index in [0.717, 1.165) is 42.2 Å². The molecule has 2 aliphatic heterocycles. The standard InChI is InChI=1S/C20H23FN4O2/c1-12(2)27-18-6-15-14(5-16(18)21)8-22-20(15)17-7-19(24-11-23-17)25-4-3-13(9-25)10-26/h5-7,11-13,26H,3-4,8-10H2,1-2H3/t13-/m0/s1. The van der Waals surface area contributed by atoms with Crippen LogP contribution in [0.15, 0.2) is 29.5 Å². The molecule has 0 bridgehead atoms. The van der Waals surface area contributed by atoms with Gasteiger partial charge in [-0.15, -0.1) is 0 Å². The average molecular weight is 370 g/mol. The van der Waals surface area contributed by atoms with Crippen molar-refractivity contribution >= 4 is 11.5 Å². The lowest BCUT2D eigenvalue weighted by Crippen LogP contribution is -2.22. The topological polar surface area (TPSA) is 70.8 Å². The third kappa shape index (κ3) is 3.51. The van der Waals surface area contributed by atoms with Crippen molar-refractivity contribution in [3.05, 3.63) is 47.2 Å². The monoisotopic (exact) mass is 370 g/mol. The van der Waals surface area contributed by atoms with Crippen LogP contribution in [0.2, 0.25) is 0 Å². The first-order valence-electron chi connectivity index (χ1n) is 9.27. The lowest BCUT2D eigenvalue weighted by atomic mass is 10.0. The van der Waals surface area contributed by atoms with Crippen LogP contribution in [0.25, 0.3) is 0 Å². The quantitative estimate of drug-likeness (QED) is 0.876. The highest BCUT2D eigenvalue weighted by atomic mass is 19.1. The number of aliphatic hydroxyl groups excluding tert-OH is 1. The number of fused-ring (bicyclic) bond motifs is 1. The Hall–Kier alpha value is -2.54. The van der Waals surface area contributed by atoms with Gasteiger partial charge >= 0.3 is 0 Å². The van der Waals surface area contributed by atoms with E-state index in [1.165, 1.54) is 12.4 Å². The molecule has 0 spiro atoms. The zero-order valence-electron chi connectivity index (χ0n) is 15.5. The van der Waals surface area contributed by atoms with E-state index in [4.69, 9.17) is 4.74 Å². The largest absolute Gasteiger partial charge is 0.488 e. The fourth-order valence-corrected chi connectivity index (χ4v) is 3.60. The minimum Gasteiger partial charge on any atom is -0.488 e. The molecule has 7 heteroatoms. The van der Waals surface area contributed by atoms with Gasteiger partial charge in [0.05, 0.1) is 24.1 Å². The van der Waals surface area contributed by atoms with E-state index in [1.54, 1.807) is 6.07 Å². The molecular formula is C20H23FN4O2. The number of halogens is 1. The lowest BCUT2D eigenvalue weighted by Gasteiger charge is -2.17. The van der Waals surface area contributed by atoms with E-state index in [0.29, 0.717) is 12.2 Å². The molecule has 0 unspecified atom stereocenters. The van der Waals surface area contributed by atoms with Gasteiger partial charge in [-0.2, -0.15) is 0 Å². The molecule has 1 aromatic carbocycles. The summed E-state index contributed by atoms with van der Waals surface area (Å²) < 4.78 is 19.8. The van der Waals surface area contributed by atoms with E-state index in [2.05, 4.69) is 19.9 Å². The Morgan fingerprint density at radius 1 is 1.30 bits per heavy atom. The Balaban J connectivity index is 1.64. The van der Waals surface area contributed by atoms with Gasteiger partial charge in [0.25, 0.3) is 0 Å². The Labute approximate surface area is 157 Å². The predicted octanol–water partition coefficient (Wildman–Crippen LogP) is 2.57. The molecule has 0 amide bonds. The zero-order chi connectivity index (χ0) is 19.0. The molecule has 142 valence electrons. The van der Waals surface area contributed by atoms with Crippen molar-refractivity contribution in [1.29, 1.82) is 0 Å². The van der Waals surface area contributed by atoms with Crippen molar-refractivity contribution in [1.82, 2.24) is 9.97 Å². The summed E-state index contributed by atoms with van der Waals surface area (Å²) in [5, 5.41) is 9.36. The second kappa shape index (κ2) is 7.23. The van der Waals surface area contributed by atoms with Gasteiger partial charge < -0.3 is 14.7 Å². The molecule has 2 aromatic rings. The van der Waals surface area contributed by atoms with Crippen molar-refractivity contribution < 1.29 is 14.2 Å². The van der Waals surface area contributed by atoms with Crippen LogP contribution in [0, 0.1) is 11.7 Å². The second-order valence-electron chi connectivity index (χ2n) is 7.32. The fraction of sp³-hybridized carbons (Fsp3) is 0.450. The number of anilines is 1. The van der Waals surface area contributed by atoms with Crippen molar-refractivity contribution in [2.75, 3.05) is 24.6 Å². The molecule has 1 atom stereocenters. The summed E-state index contributed by atoms with van der Waals surface area (Å²) in [4.78, 5) is 15.5.